The molecule has 1 fully saturated rings. The number of thiophene rings is 1. The third-order valence-corrected chi connectivity index (χ3v) is 6.44. The monoisotopic (exact) mass is 382 g/mol. The highest BCUT2D eigenvalue weighted by atomic mass is 32.1. The van der Waals surface area contributed by atoms with E-state index in [1.165, 1.54) is 31.6 Å². The third-order valence-electron chi connectivity index (χ3n) is 5.22. The molecule has 1 aliphatic heterocycles. The van der Waals surface area contributed by atoms with Gasteiger partial charge in [0.05, 0.1) is 4.88 Å². The summed E-state index contributed by atoms with van der Waals surface area (Å²) in [6, 6.07) is 11.7. The highest BCUT2D eigenvalue weighted by Crippen LogP contribution is 2.30. The lowest BCUT2D eigenvalue weighted by molar-refractivity contribution is -0.150. The molecule has 3 amide bonds. The van der Waals surface area contributed by atoms with Gasteiger partial charge in [-0.1, -0.05) is 30.3 Å². The Bertz CT molecular complexity index is 833. The Morgan fingerprint density at radius 1 is 1.00 bits per heavy atom. The molecule has 140 valence electrons. The van der Waals surface area contributed by atoms with Crippen molar-refractivity contribution in [2.45, 2.75) is 32.1 Å². The van der Waals surface area contributed by atoms with Crippen molar-refractivity contribution in [3.05, 3.63) is 57.3 Å². The van der Waals surface area contributed by atoms with Crippen LogP contribution in [0.25, 0.3) is 0 Å². The molecule has 2 heterocycles. The van der Waals surface area contributed by atoms with Gasteiger partial charge in [0.25, 0.3) is 5.91 Å². The molecule has 6 heteroatoms. The molecule has 0 radical (unpaired) electrons. The summed E-state index contributed by atoms with van der Waals surface area (Å²) in [7, 11) is 0. The van der Waals surface area contributed by atoms with E-state index in [0.717, 1.165) is 31.2 Å². The average Bonchev–Trinajstić information content (AvgIpc) is 3.11. The number of benzene rings is 1. The largest absolute Gasteiger partial charge is 0.319 e. The Labute approximate surface area is 162 Å². The summed E-state index contributed by atoms with van der Waals surface area (Å²) in [4.78, 5) is 42.4. The van der Waals surface area contributed by atoms with Gasteiger partial charge in [0.15, 0.2) is 0 Å². The van der Waals surface area contributed by atoms with Crippen molar-refractivity contribution in [3.63, 3.8) is 0 Å². The zero-order valence-corrected chi connectivity index (χ0v) is 16.0. The van der Waals surface area contributed by atoms with Gasteiger partial charge >= 0.3 is 0 Å². The second-order valence-corrected chi connectivity index (χ2v) is 8.24. The summed E-state index contributed by atoms with van der Waals surface area (Å²) in [6.45, 7) is 0.306. The lowest BCUT2D eigenvalue weighted by atomic mass is 9.99. The van der Waals surface area contributed by atoms with E-state index in [1.807, 2.05) is 36.4 Å². The third kappa shape index (κ3) is 3.81. The van der Waals surface area contributed by atoms with Gasteiger partial charge in [-0.3, -0.25) is 19.3 Å². The fourth-order valence-corrected chi connectivity index (χ4v) is 4.94. The molecular formula is C21H22N2O3S. The molecule has 1 aliphatic carbocycles. The number of fused-ring (bicyclic) bond motifs is 1. The summed E-state index contributed by atoms with van der Waals surface area (Å²) in [5.41, 5.74) is 2.34. The highest BCUT2D eigenvalue weighted by molar-refractivity contribution is 7.14. The second-order valence-electron chi connectivity index (χ2n) is 7.10. The topological polar surface area (TPSA) is 57.7 Å². The molecule has 0 atom stereocenters. The predicted molar refractivity (Wildman–Crippen MR) is 104 cm³/mol. The normalized spacial score (nSPS) is 17.2. The molecule has 0 N–H and O–H groups in total. The van der Waals surface area contributed by atoms with Gasteiger partial charge in [-0.25, -0.2) is 0 Å². The van der Waals surface area contributed by atoms with Gasteiger partial charge in [0.2, 0.25) is 11.8 Å². The van der Waals surface area contributed by atoms with Gasteiger partial charge in [0, 0.05) is 11.4 Å². The van der Waals surface area contributed by atoms with Crippen LogP contribution in [0.4, 0.5) is 0 Å². The Morgan fingerprint density at radius 2 is 1.70 bits per heavy atom. The fourth-order valence-electron chi connectivity index (χ4n) is 3.72. The molecule has 2 aromatic rings. The van der Waals surface area contributed by atoms with E-state index in [4.69, 9.17) is 0 Å². The van der Waals surface area contributed by atoms with Crippen LogP contribution >= 0.6 is 11.3 Å². The minimum atomic E-state index is -0.295. The standard InChI is InChI=1S/C21H22N2O3S/c24-19-13-22(21(26)18-12-16-8-4-5-9-17(16)27-18)14-20(25)23(19)11-10-15-6-2-1-3-7-15/h1-3,6-7,12H,4-5,8-11,13-14H2. The molecule has 2 aliphatic rings. The zero-order valence-electron chi connectivity index (χ0n) is 15.1. The van der Waals surface area contributed by atoms with Crippen molar-refractivity contribution in [2.24, 2.45) is 0 Å². The first-order chi connectivity index (χ1) is 13.1. The van der Waals surface area contributed by atoms with E-state index in [2.05, 4.69) is 0 Å². The molecule has 27 heavy (non-hydrogen) atoms. The fraction of sp³-hybridized carbons (Fsp3) is 0.381. The van der Waals surface area contributed by atoms with Gasteiger partial charge in [-0.05, 0) is 49.3 Å². The molecule has 1 saturated heterocycles. The minimum absolute atomic E-state index is 0.0259. The van der Waals surface area contributed by atoms with Crippen molar-refractivity contribution >= 4 is 29.1 Å². The number of carbonyl (C=O) groups is 3. The van der Waals surface area contributed by atoms with Crippen LogP contribution in [0.5, 0.6) is 0 Å². The van der Waals surface area contributed by atoms with Crippen molar-refractivity contribution in [2.75, 3.05) is 19.6 Å². The van der Waals surface area contributed by atoms with Crippen LogP contribution in [0, 0.1) is 0 Å². The first-order valence-electron chi connectivity index (χ1n) is 9.40. The van der Waals surface area contributed by atoms with E-state index in [1.54, 1.807) is 0 Å². The van der Waals surface area contributed by atoms with Crippen molar-refractivity contribution in [3.8, 4) is 0 Å². The van der Waals surface area contributed by atoms with Crippen LogP contribution in [0.1, 0.15) is 38.5 Å². The lowest BCUT2D eigenvalue weighted by Gasteiger charge is -2.32. The van der Waals surface area contributed by atoms with Crippen LogP contribution in [0.2, 0.25) is 0 Å². The maximum absolute atomic E-state index is 12.8. The highest BCUT2D eigenvalue weighted by Gasteiger charge is 2.34. The molecule has 5 nitrogen and oxygen atoms in total. The second kappa shape index (κ2) is 7.64. The molecule has 0 saturated carbocycles. The summed E-state index contributed by atoms with van der Waals surface area (Å²) >= 11 is 1.52. The number of carbonyl (C=O) groups excluding carboxylic acids is 3. The van der Waals surface area contributed by atoms with Crippen LogP contribution in [-0.2, 0) is 28.9 Å². The number of aryl methyl sites for hydroxylation is 2. The molecule has 1 aromatic heterocycles. The smallest absolute Gasteiger partial charge is 0.264 e. The number of piperazine rings is 1. The predicted octanol–water partition coefficient (Wildman–Crippen LogP) is 2.68. The zero-order chi connectivity index (χ0) is 18.8. The van der Waals surface area contributed by atoms with Gasteiger partial charge in [-0.2, -0.15) is 0 Å². The lowest BCUT2D eigenvalue weighted by Crippen LogP contribution is -2.55. The number of hydrogen-bond donors (Lipinski definition) is 0. The SMILES string of the molecule is O=C(c1cc2c(s1)CCCC2)N1CC(=O)N(CCc2ccccc2)C(=O)C1. The summed E-state index contributed by atoms with van der Waals surface area (Å²) in [5.74, 6) is -0.785. The quantitative estimate of drug-likeness (QED) is 0.764. The first-order valence-corrected chi connectivity index (χ1v) is 10.2. The van der Waals surface area contributed by atoms with E-state index < -0.39 is 0 Å². The Kier molecular flexibility index (Phi) is 5.07. The minimum Gasteiger partial charge on any atom is -0.319 e. The molecule has 0 bridgehead atoms. The maximum atomic E-state index is 12.8. The van der Waals surface area contributed by atoms with Gasteiger partial charge < -0.3 is 4.90 Å². The number of hydrogen-bond acceptors (Lipinski definition) is 4. The molecular weight excluding hydrogens is 360 g/mol. The number of rotatable bonds is 4. The van der Waals surface area contributed by atoms with Crippen molar-refractivity contribution in [1.29, 1.82) is 0 Å². The van der Waals surface area contributed by atoms with E-state index in [9.17, 15) is 14.4 Å². The number of nitrogens with zero attached hydrogens (tertiary/aromatic N) is 2. The Morgan fingerprint density at radius 3 is 2.41 bits per heavy atom. The van der Waals surface area contributed by atoms with E-state index in [-0.39, 0.29) is 30.8 Å². The van der Waals surface area contributed by atoms with Gasteiger partial charge in [-0.15, -0.1) is 11.3 Å². The summed E-state index contributed by atoms with van der Waals surface area (Å²) in [5, 5.41) is 0. The number of amides is 3. The Hall–Kier alpha value is -2.47. The van der Waals surface area contributed by atoms with Crippen LogP contribution in [0.15, 0.2) is 36.4 Å². The van der Waals surface area contributed by atoms with E-state index in [0.29, 0.717) is 17.8 Å². The van der Waals surface area contributed by atoms with Crippen LogP contribution in [0.3, 0.4) is 0 Å². The van der Waals surface area contributed by atoms with Crippen molar-refractivity contribution < 1.29 is 14.4 Å². The molecule has 0 unspecified atom stereocenters. The maximum Gasteiger partial charge on any atom is 0.264 e. The molecule has 0 spiro atoms. The summed E-state index contributed by atoms with van der Waals surface area (Å²) in [6.07, 6.45) is 5.00. The molecule has 1 aromatic carbocycles. The van der Waals surface area contributed by atoms with Gasteiger partial charge in [0.1, 0.15) is 13.1 Å². The van der Waals surface area contributed by atoms with E-state index >= 15 is 0 Å². The molecule has 4 rings (SSSR count). The van der Waals surface area contributed by atoms with Crippen LogP contribution < -0.4 is 0 Å². The summed E-state index contributed by atoms with van der Waals surface area (Å²) < 4.78 is 0. The average molecular weight is 382 g/mol. The number of imide groups is 1. The first kappa shape index (κ1) is 17.9. The van der Waals surface area contributed by atoms with Crippen molar-refractivity contribution in [1.82, 2.24) is 9.80 Å². The Balaban J connectivity index is 1.40. The van der Waals surface area contributed by atoms with Crippen LogP contribution in [-0.4, -0.2) is 47.2 Å².